The van der Waals surface area contributed by atoms with Crippen LogP contribution < -0.4 is 0 Å². The van der Waals surface area contributed by atoms with Crippen LogP contribution in [-0.4, -0.2) is 65.3 Å². The first-order chi connectivity index (χ1) is 18.0. The van der Waals surface area contributed by atoms with Crippen LogP contribution in [0.1, 0.15) is 53.8 Å². The fourth-order valence-electron chi connectivity index (χ4n) is 5.83. The molecule has 2 amide bonds. The molecule has 0 aliphatic carbocycles. The lowest BCUT2D eigenvalue weighted by Gasteiger charge is -2.42. The summed E-state index contributed by atoms with van der Waals surface area (Å²) in [6.45, 7) is 6.70. The Morgan fingerprint density at radius 2 is 1.86 bits per heavy atom. The number of amides is 2. The molecule has 3 aromatic rings. The van der Waals surface area contributed by atoms with E-state index >= 15 is 0 Å². The fraction of sp³-hybridized carbons (Fsp3) is 0.400. The van der Waals surface area contributed by atoms with Gasteiger partial charge in [0.05, 0.1) is 18.5 Å². The molecule has 194 valence electrons. The molecule has 1 fully saturated rings. The van der Waals surface area contributed by atoms with Gasteiger partial charge in [-0.15, -0.1) is 11.3 Å². The minimum Gasteiger partial charge on any atom is -0.338 e. The average Bonchev–Trinajstić information content (AvgIpc) is 3.38. The van der Waals surface area contributed by atoms with Crippen LogP contribution in [0.15, 0.2) is 66.0 Å². The lowest BCUT2D eigenvalue weighted by molar-refractivity contribution is -0.144. The molecule has 3 atom stereocenters. The van der Waals surface area contributed by atoms with Gasteiger partial charge in [-0.1, -0.05) is 49.4 Å². The van der Waals surface area contributed by atoms with Gasteiger partial charge in [-0.3, -0.25) is 14.5 Å². The second-order valence-corrected chi connectivity index (χ2v) is 11.1. The smallest absolute Gasteiger partial charge is 0.236 e. The van der Waals surface area contributed by atoms with Gasteiger partial charge in [-0.2, -0.15) is 0 Å². The summed E-state index contributed by atoms with van der Waals surface area (Å²) >= 11 is 1.73. The number of halogens is 1. The van der Waals surface area contributed by atoms with Gasteiger partial charge in [0.2, 0.25) is 11.8 Å². The van der Waals surface area contributed by atoms with Gasteiger partial charge in [-0.05, 0) is 60.0 Å². The van der Waals surface area contributed by atoms with Crippen molar-refractivity contribution in [2.24, 2.45) is 0 Å². The first kappa shape index (κ1) is 25.6. The Hall–Kier alpha value is -3.03. The Kier molecular flexibility index (Phi) is 7.72. The van der Waals surface area contributed by atoms with Crippen molar-refractivity contribution in [2.75, 3.05) is 32.7 Å². The van der Waals surface area contributed by atoms with E-state index < -0.39 is 0 Å². The highest BCUT2D eigenvalue weighted by atomic mass is 32.1. The molecule has 0 unspecified atom stereocenters. The van der Waals surface area contributed by atoms with E-state index in [2.05, 4.69) is 16.3 Å². The van der Waals surface area contributed by atoms with E-state index in [1.807, 2.05) is 60.0 Å². The first-order valence-corrected chi connectivity index (χ1v) is 14.0. The third-order valence-electron chi connectivity index (χ3n) is 7.74. The second kappa shape index (κ2) is 11.2. The predicted molar refractivity (Wildman–Crippen MR) is 145 cm³/mol. The fourth-order valence-corrected chi connectivity index (χ4v) is 6.73. The van der Waals surface area contributed by atoms with Gasteiger partial charge in [0.15, 0.2) is 0 Å². The monoisotopic (exact) mass is 519 g/mol. The maximum Gasteiger partial charge on any atom is 0.236 e. The highest BCUT2D eigenvalue weighted by Crippen LogP contribution is 2.38. The van der Waals surface area contributed by atoms with Crippen molar-refractivity contribution < 1.29 is 14.0 Å². The number of hydrogen-bond acceptors (Lipinski definition) is 4. The number of rotatable bonds is 6. The van der Waals surface area contributed by atoms with Crippen LogP contribution >= 0.6 is 11.3 Å². The summed E-state index contributed by atoms with van der Waals surface area (Å²) < 4.78 is 14.1. The third-order valence-corrected chi connectivity index (χ3v) is 8.74. The van der Waals surface area contributed by atoms with Gasteiger partial charge in [0.25, 0.3) is 0 Å². The van der Waals surface area contributed by atoms with Crippen LogP contribution in [0.5, 0.6) is 0 Å². The van der Waals surface area contributed by atoms with Crippen LogP contribution in [0.3, 0.4) is 0 Å². The van der Waals surface area contributed by atoms with Crippen LogP contribution in [0.2, 0.25) is 0 Å². The van der Waals surface area contributed by atoms with Crippen molar-refractivity contribution in [2.45, 2.75) is 44.7 Å². The Labute approximate surface area is 222 Å². The SMILES string of the molecule is CC[C@H](C(=O)N1CCN(C(=O)CN2CCc3sccc3[C@H]2c2cccc(F)c2)C[C@H]1C)c1ccccc1. The van der Waals surface area contributed by atoms with Gasteiger partial charge in [-0.25, -0.2) is 4.39 Å². The van der Waals surface area contributed by atoms with Gasteiger partial charge in [0, 0.05) is 37.1 Å². The summed E-state index contributed by atoms with van der Waals surface area (Å²) in [7, 11) is 0. The molecule has 2 aliphatic heterocycles. The Morgan fingerprint density at radius 1 is 1.05 bits per heavy atom. The van der Waals surface area contributed by atoms with Crippen molar-refractivity contribution in [3.63, 3.8) is 0 Å². The largest absolute Gasteiger partial charge is 0.338 e. The summed E-state index contributed by atoms with van der Waals surface area (Å²) in [6, 6.07) is 18.6. The standard InChI is InChI=1S/C30H34FN3O2S/c1-3-25(22-8-5-4-6-9-22)30(36)34-16-15-32(19-21(34)2)28(35)20-33-14-12-27-26(13-17-37-27)29(33)23-10-7-11-24(31)18-23/h4-11,13,17-18,21,25,29H,3,12,14-16,19-20H2,1-2H3/t21-,25+,29-/m1/s1. The molecule has 0 saturated carbocycles. The summed E-state index contributed by atoms with van der Waals surface area (Å²) in [6.07, 6.45) is 1.64. The quantitative estimate of drug-likeness (QED) is 0.456. The van der Waals surface area contributed by atoms with Crippen LogP contribution in [0, 0.1) is 5.82 Å². The number of fused-ring (bicyclic) bond motifs is 1. The van der Waals surface area contributed by atoms with E-state index in [1.165, 1.54) is 16.5 Å². The molecule has 1 aromatic heterocycles. The second-order valence-electron chi connectivity index (χ2n) is 10.1. The maximum absolute atomic E-state index is 14.1. The maximum atomic E-state index is 14.1. The van der Waals surface area contributed by atoms with Crippen molar-refractivity contribution in [1.82, 2.24) is 14.7 Å². The lowest BCUT2D eigenvalue weighted by Crippen LogP contribution is -2.57. The van der Waals surface area contributed by atoms with Crippen LogP contribution in [0.4, 0.5) is 4.39 Å². The molecule has 2 aromatic carbocycles. The van der Waals surface area contributed by atoms with E-state index in [0.29, 0.717) is 19.6 Å². The molecule has 0 radical (unpaired) electrons. The molecule has 0 spiro atoms. The van der Waals surface area contributed by atoms with Crippen molar-refractivity contribution in [3.05, 3.63) is 93.4 Å². The number of piperazine rings is 1. The lowest BCUT2D eigenvalue weighted by atomic mass is 9.93. The van der Waals surface area contributed by atoms with Gasteiger partial charge in [0.1, 0.15) is 5.82 Å². The van der Waals surface area contributed by atoms with Crippen LogP contribution in [-0.2, 0) is 16.0 Å². The molecule has 7 heteroatoms. The first-order valence-electron chi connectivity index (χ1n) is 13.1. The number of benzene rings is 2. The normalized spacial score (nSPS) is 20.9. The number of thiophene rings is 1. The topological polar surface area (TPSA) is 43.9 Å². The molecule has 0 bridgehead atoms. The predicted octanol–water partition coefficient (Wildman–Crippen LogP) is 5.09. The van der Waals surface area contributed by atoms with Gasteiger partial charge < -0.3 is 9.80 Å². The molecule has 5 nitrogen and oxygen atoms in total. The molecule has 37 heavy (non-hydrogen) atoms. The minimum absolute atomic E-state index is 0.0492. The number of hydrogen-bond donors (Lipinski definition) is 0. The molecule has 1 saturated heterocycles. The zero-order valence-corrected chi connectivity index (χ0v) is 22.3. The van der Waals surface area contributed by atoms with Crippen LogP contribution in [0.25, 0.3) is 0 Å². The van der Waals surface area contributed by atoms with Gasteiger partial charge >= 0.3 is 0 Å². The molecule has 5 rings (SSSR count). The highest BCUT2D eigenvalue weighted by molar-refractivity contribution is 7.10. The molecule has 0 N–H and O–H groups in total. The van der Waals surface area contributed by atoms with E-state index in [-0.39, 0.29) is 42.2 Å². The van der Waals surface area contributed by atoms with Crippen molar-refractivity contribution >= 4 is 23.2 Å². The van der Waals surface area contributed by atoms with Crippen molar-refractivity contribution in [3.8, 4) is 0 Å². The van der Waals surface area contributed by atoms with E-state index in [9.17, 15) is 14.0 Å². The molecule has 2 aliphatic rings. The average molecular weight is 520 g/mol. The van der Waals surface area contributed by atoms with E-state index in [4.69, 9.17) is 0 Å². The molecule has 3 heterocycles. The Morgan fingerprint density at radius 3 is 2.59 bits per heavy atom. The minimum atomic E-state index is -0.262. The number of carbonyl (C=O) groups is 2. The zero-order chi connectivity index (χ0) is 25.9. The van der Waals surface area contributed by atoms with E-state index in [0.717, 1.165) is 30.5 Å². The third kappa shape index (κ3) is 5.34. The summed E-state index contributed by atoms with van der Waals surface area (Å²) in [5, 5.41) is 2.08. The number of nitrogens with zero attached hydrogens (tertiary/aromatic N) is 3. The number of carbonyl (C=O) groups excluding carboxylic acids is 2. The Bertz CT molecular complexity index is 1250. The molecular formula is C30H34FN3O2S. The van der Waals surface area contributed by atoms with E-state index in [1.54, 1.807) is 23.5 Å². The zero-order valence-electron chi connectivity index (χ0n) is 21.5. The highest BCUT2D eigenvalue weighted by Gasteiger charge is 2.36. The molecular weight excluding hydrogens is 485 g/mol. The summed E-state index contributed by atoms with van der Waals surface area (Å²) in [5.41, 5.74) is 3.09. The Balaban J connectivity index is 1.27. The van der Waals surface area contributed by atoms with Crippen molar-refractivity contribution in [1.29, 1.82) is 0 Å². The summed E-state index contributed by atoms with van der Waals surface area (Å²) in [4.78, 5) is 34.3. The summed E-state index contributed by atoms with van der Waals surface area (Å²) in [5.74, 6) is -0.220.